The predicted octanol–water partition coefficient (Wildman–Crippen LogP) is 6.30. The number of fused-ring (bicyclic) bond motifs is 6. The zero-order valence-corrected chi connectivity index (χ0v) is 24.2. The van der Waals surface area contributed by atoms with E-state index in [1.165, 1.54) is 35.6 Å². The average molecular weight is 529 g/mol. The Morgan fingerprint density at radius 1 is 0.846 bits per heavy atom. The van der Waals surface area contributed by atoms with E-state index in [-0.39, 0.29) is 5.41 Å². The lowest BCUT2D eigenvalue weighted by Gasteiger charge is -2.61. The first-order valence-electron chi connectivity index (χ1n) is 15.9. The van der Waals surface area contributed by atoms with Gasteiger partial charge < -0.3 is 5.11 Å². The van der Waals surface area contributed by atoms with E-state index in [9.17, 15) is 9.90 Å². The number of rotatable bonds is 4. The van der Waals surface area contributed by atoms with Crippen molar-refractivity contribution < 1.29 is 9.90 Å². The Hall–Kier alpha value is -1.75. The molecule has 0 spiro atoms. The third kappa shape index (κ3) is 4.50. The highest BCUT2D eigenvalue weighted by molar-refractivity contribution is 5.87. The van der Waals surface area contributed by atoms with Gasteiger partial charge in [0, 0.05) is 51.1 Å². The smallest absolute Gasteiger partial charge is 0.139 e. The third-order valence-corrected chi connectivity index (χ3v) is 12.7. The Balaban J connectivity index is 0.951. The summed E-state index contributed by atoms with van der Waals surface area (Å²) in [7, 11) is 0. The maximum absolute atomic E-state index is 12.8. The van der Waals surface area contributed by atoms with Gasteiger partial charge in [0.1, 0.15) is 5.78 Å². The van der Waals surface area contributed by atoms with Gasteiger partial charge in [0.2, 0.25) is 0 Å². The molecule has 0 radical (unpaired) electrons. The summed E-state index contributed by atoms with van der Waals surface area (Å²) in [6.45, 7) is 11.0. The summed E-state index contributed by atoms with van der Waals surface area (Å²) in [6, 6.07) is 15.5. The van der Waals surface area contributed by atoms with Crippen LogP contribution in [0, 0.1) is 34.5 Å². The van der Waals surface area contributed by atoms with Crippen molar-refractivity contribution in [2.45, 2.75) is 83.8 Å². The van der Waals surface area contributed by atoms with E-state index < -0.39 is 5.60 Å². The van der Waals surface area contributed by atoms with Gasteiger partial charge in [-0.05, 0) is 103 Å². The van der Waals surface area contributed by atoms with Crippen molar-refractivity contribution in [2.24, 2.45) is 34.5 Å². The third-order valence-electron chi connectivity index (χ3n) is 12.7. The Morgan fingerprint density at radius 2 is 1.62 bits per heavy atom. The number of carbonyl (C=O) groups is 1. The molecule has 1 heterocycles. The van der Waals surface area contributed by atoms with E-state index in [0.29, 0.717) is 23.0 Å². The van der Waals surface area contributed by atoms with Gasteiger partial charge in [0.05, 0.1) is 5.60 Å². The number of benzene rings is 2. The van der Waals surface area contributed by atoms with E-state index in [1.54, 1.807) is 0 Å². The molecule has 0 aromatic heterocycles. The van der Waals surface area contributed by atoms with Crippen molar-refractivity contribution in [1.29, 1.82) is 0 Å². The van der Waals surface area contributed by atoms with E-state index in [0.717, 1.165) is 89.6 Å². The van der Waals surface area contributed by atoms with Crippen LogP contribution in [-0.2, 0) is 11.3 Å². The van der Waals surface area contributed by atoms with Gasteiger partial charge in [-0.15, -0.1) is 0 Å². The SMILES string of the molecule is C[C@]12CC[C@](O)(CN3CCN(Cc4ccc5ccccc5c4)CC3)C[C@@H]1CC[C@@H]1[C@@H]2CC[C@]2(C)C(=O)CC[C@@H]12. The second kappa shape index (κ2) is 9.67. The predicted molar refractivity (Wildman–Crippen MR) is 157 cm³/mol. The highest BCUT2D eigenvalue weighted by Gasteiger charge is 2.61. The highest BCUT2D eigenvalue weighted by atomic mass is 16.3. The number of ketones is 1. The summed E-state index contributed by atoms with van der Waals surface area (Å²) in [5.74, 6) is 3.29. The Bertz CT molecular complexity index is 1240. The van der Waals surface area contributed by atoms with Gasteiger partial charge in [0.15, 0.2) is 0 Å². The standard InChI is InChI=1S/C35H48N2O2/c1-33-15-16-35(39,22-28(33)9-10-29-30-11-12-32(38)34(30,2)14-13-31(29)33)24-37-19-17-36(18-20-37)23-25-7-8-26-5-3-4-6-27(26)21-25/h3-8,21,28-31,39H,9-20,22-24H2,1-2H3/t28-,29-,30-,31-,33-,34-,35+/m0/s1. The maximum Gasteiger partial charge on any atom is 0.139 e. The van der Waals surface area contributed by atoms with Crippen LogP contribution in [0.2, 0.25) is 0 Å². The molecule has 2 aromatic rings. The number of hydrogen-bond acceptors (Lipinski definition) is 4. The Morgan fingerprint density at radius 3 is 2.44 bits per heavy atom. The molecule has 5 fully saturated rings. The number of aliphatic hydroxyl groups is 1. The molecule has 0 unspecified atom stereocenters. The molecule has 4 aliphatic carbocycles. The molecule has 7 rings (SSSR count). The summed E-state index contributed by atoms with van der Waals surface area (Å²) in [4.78, 5) is 17.9. The summed E-state index contributed by atoms with van der Waals surface area (Å²) in [6.07, 6.45) is 9.90. The molecule has 1 N–H and O–H groups in total. The molecule has 5 aliphatic rings. The van der Waals surface area contributed by atoms with Gasteiger partial charge in [0.25, 0.3) is 0 Å². The van der Waals surface area contributed by atoms with Crippen LogP contribution in [0.25, 0.3) is 10.8 Å². The van der Waals surface area contributed by atoms with Gasteiger partial charge in [-0.3, -0.25) is 14.6 Å². The summed E-state index contributed by atoms with van der Waals surface area (Å²) in [5, 5.41) is 14.5. The van der Waals surface area contributed by atoms with Crippen LogP contribution in [0.4, 0.5) is 0 Å². The van der Waals surface area contributed by atoms with Crippen molar-refractivity contribution in [3.8, 4) is 0 Å². The van der Waals surface area contributed by atoms with Crippen LogP contribution in [0.1, 0.15) is 77.2 Å². The lowest BCUT2D eigenvalue weighted by atomic mass is 9.44. The van der Waals surface area contributed by atoms with E-state index in [2.05, 4.69) is 66.1 Å². The fraction of sp³-hybridized carbons (Fsp3) is 0.686. The van der Waals surface area contributed by atoms with Gasteiger partial charge in [-0.2, -0.15) is 0 Å². The zero-order valence-electron chi connectivity index (χ0n) is 24.2. The van der Waals surface area contributed by atoms with Crippen molar-refractivity contribution in [3.63, 3.8) is 0 Å². The van der Waals surface area contributed by atoms with Crippen molar-refractivity contribution in [1.82, 2.24) is 9.80 Å². The molecule has 2 aromatic carbocycles. The molecule has 0 amide bonds. The first-order valence-corrected chi connectivity index (χ1v) is 15.9. The molecule has 0 bridgehead atoms. The average Bonchev–Trinajstić information content (AvgIpc) is 3.24. The largest absolute Gasteiger partial charge is 0.389 e. The first-order chi connectivity index (χ1) is 18.8. The molecule has 1 saturated heterocycles. The molecular weight excluding hydrogens is 480 g/mol. The van der Waals surface area contributed by atoms with Crippen molar-refractivity contribution >= 4 is 16.6 Å². The van der Waals surface area contributed by atoms with Crippen molar-refractivity contribution in [3.05, 3.63) is 48.0 Å². The Labute approximate surface area is 235 Å². The normalized spacial score (nSPS) is 41.3. The van der Waals surface area contributed by atoms with Crippen LogP contribution in [0.3, 0.4) is 0 Å². The van der Waals surface area contributed by atoms with E-state index in [4.69, 9.17) is 0 Å². The summed E-state index contributed by atoms with van der Waals surface area (Å²) >= 11 is 0. The zero-order chi connectivity index (χ0) is 26.8. The lowest BCUT2D eigenvalue weighted by molar-refractivity contribution is -0.158. The first kappa shape index (κ1) is 26.2. The van der Waals surface area contributed by atoms with Gasteiger partial charge in [-0.1, -0.05) is 50.2 Å². The molecule has 39 heavy (non-hydrogen) atoms. The number of β-amino-alcohol motifs (C(OH)–C–C–N with tert-alkyl or cyclic N) is 1. The number of nitrogens with zero attached hydrogens (tertiary/aromatic N) is 2. The highest BCUT2D eigenvalue weighted by Crippen LogP contribution is 2.66. The maximum atomic E-state index is 12.8. The minimum atomic E-state index is -0.538. The monoisotopic (exact) mass is 528 g/mol. The van der Waals surface area contributed by atoms with Crippen LogP contribution in [0.5, 0.6) is 0 Å². The van der Waals surface area contributed by atoms with Crippen LogP contribution in [0.15, 0.2) is 42.5 Å². The molecule has 4 saturated carbocycles. The fourth-order valence-corrected chi connectivity index (χ4v) is 10.4. The Kier molecular flexibility index (Phi) is 6.49. The molecule has 210 valence electrons. The number of piperazine rings is 1. The van der Waals surface area contributed by atoms with E-state index >= 15 is 0 Å². The second-order valence-electron chi connectivity index (χ2n) is 14.7. The minimum absolute atomic E-state index is 0.0315. The fourth-order valence-electron chi connectivity index (χ4n) is 10.4. The number of carbonyl (C=O) groups excluding carboxylic acids is 1. The molecule has 4 nitrogen and oxygen atoms in total. The quantitative estimate of drug-likeness (QED) is 0.506. The molecular formula is C35H48N2O2. The number of Topliss-reactive ketones (excluding diaryl/α,β-unsaturated/α-hetero) is 1. The van der Waals surface area contributed by atoms with Gasteiger partial charge in [-0.25, -0.2) is 0 Å². The summed E-state index contributed by atoms with van der Waals surface area (Å²) < 4.78 is 0. The second-order valence-corrected chi connectivity index (χ2v) is 14.7. The lowest BCUT2D eigenvalue weighted by Crippen LogP contribution is -2.59. The molecule has 7 atom stereocenters. The van der Waals surface area contributed by atoms with Crippen molar-refractivity contribution in [2.75, 3.05) is 32.7 Å². The summed E-state index contributed by atoms with van der Waals surface area (Å²) in [5.41, 5.74) is 1.17. The van der Waals surface area contributed by atoms with E-state index in [1.807, 2.05) is 0 Å². The number of hydrogen-bond donors (Lipinski definition) is 1. The van der Waals surface area contributed by atoms with Gasteiger partial charge >= 0.3 is 0 Å². The molecule has 1 aliphatic heterocycles. The molecule has 4 heteroatoms. The minimum Gasteiger partial charge on any atom is -0.389 e. The van der Waals surface area contributed by atoms with Crippen LogP contribution in [-0.4, -0.2) is 59.0 Å². The van der Waals surface area contributed by atoms with Crippen LogP contribution >= 0.6 is 0 Å². The topological polar surface area (TPSA) is 43.8 Å². The van der Waals surface area contributed by atoms with Crippen LogP contribution < -0.4 is 0 Å².